The first kappa shape index (κ1) is 14.6. The summed E-state index contributed by atoms with van der Waals surface area (Å²) >= 11 is 0. The molecule has 0 spiro atoms. The highest BCUT2D eigenvalue weighted by atomic mass is 16.5. The molecule has 7 heteroatoms. The summed E-state index contributed by atoms with van der Waals surface area (Å²) in [6.07, 6.45) is 0. The molecule has 1 amide bonds. The van der Waals surface area contributed by atoms with Gasteiger partial charge < -0.3 is 15.2 Å². The van der Waals surface area contributed by atoms with Gasteiger partial charge in [0, 0.05) is 17.4 Å². The van der Waals surface area contributed by atoms with Crippen LogP contribution in [0.15, 0.2) is 24.3 Å². The van der Waals surface area contributed by atoms with Gasteiger partial charge in [-0.1, -0.05) is 6.07 Å². The van der Waals surface area contributed by atoms with Gasteiger partial charge in [0.15, 0.2) is 6.61 Å². The molecule has 3 N–H and O–H groups in total. The average Bonchev–Trinajstić information content (AvgIpc) is 2.76. The molecule has 7 nitrogen and oxygen atoms in total. The van der Waals surface area contributed by atoms with Crippen molar-refractivity contribution in [3.8, 4) is 5.75 Å². The Morgan fingerprint density at radius 3 is 2.76 bits per heavy atom. The average molecular weight is 289 g/mol. The third-order valence-corrected chi connectivity index (χ3v) is 2.81. The predicted molar refractivity (Wildman–Crippen MR) is 75.6 cm³/mol. The predicted octanol–water partition coefficient (Wildman–Crippen LogP) is 1.74. The minimum Gasteiger partial charge on any atom is -0.482 e. The van der Waals surface area contributed by atoms with Crippen LogP contribution >= 0.6 is 0 Å². The van der Waals surface area contributed by atoms with Gasteiger partial charge in [-0.25, -0.2) is 4.79 Å². The number of amides is 1. The van der Waals surface area contributed by atoms with Gasteiger partial charge in [0.2, 0.25) is 0 Å². The van der Waals surface area contributed by atoms with Crippen LogP contribution in [0, 0.1) is 13.8 Å². The molecule has 0 aliphatic rings. The van der Waals surface area contributed by atoms with E-state index < -0.39 is 12.6 Å². The molecule has 2 aromatic rings. The number of aryl methyl sites for hydroxylation is 2. The summed E-state index contributed by atoms with van der Waals surface area (Å²) < 4.78 is 5.06. The summed E-state index contributed by atoms with van der Waals surface area (Å²) in [4.78, 5) is 22.6. The van der Waals surface area contributed by atoms with Crippen molar-refractivity contribution in [1.29, 1.82) is 0 Å². The van der Waals surface area contributed by atoms with E-state index in [-0.39, 0.29) is 5.91 Å². The number of hydrogen-bond acceptors (Lipinski definition) is 4. The van der Waals surface area contributed by atoms with Crippen LogP contribution in [0.4, 0.5) is 5.69 Å². The lowest BCUT2D eigenvalue weighted by molar-refractivity contribution is -0.139. The van der Waals surface area contributed by atoms with Gasteiger partial charge in [-0.15, -0.1) is 0 Å². The molecule has 0 aliphatic carbocycles. The lowest BCUT2D eigenvalue weighted by Gasteiger charge is -2.08. The van der Waals surface area contributed by atoms with Crippen LogP contribution in [0.5, 0.6) is 5.75 Å². The minimum absolute atomic E-state index is 0.283. The zero-order valence-corrected chi connectivity index (χ0v) is 11.6. The number of carbonyl (C=O) groups excluding carboxylic acids is 1. The molecule has 0 atom stereocenters. The van der Waals surface area contributed by atoms with Crippen LogP contribution in [0.1, 0.15) is 21.7 Å². The van der Waals surface area contributed by atoms with Crippen molar-refractivity contribution in [1.82, 2.24) is 10.2 Å². The van der Waals surface area contributed by atoms with Crippen LogP contribution in [-0.2, 0) is 4.79 Å². The number of carboxylic acid groups (broad SMARTS) is 1. The SMILES string of the molecule is Cc1n[nH]c(C)c1C(=O)Nc1cccc(OCC(=O)O)c1. The minimum atomic E-state index is -1.06. The first-order chi connectivity index (χ1) is 9.97. The molecule has 1 aromatic heterocycles. The first-order valence-electron chi connectivity index (χ1n) is 6.25. The highest BCUT2D eigenvalue weighted by Crippen LogP contribution is 2.19. The van der Waals surface area contributed by atoms with E-state index in [1.165, 1.54) is 0 Å². The number of carbonyl (C=O) groups is 2. The van der Waals surface area contributed by atoms with Gasteiger partial charge in [-0.2, -0.15) is 5.10 Å². The van der Waals surface area contributed by atoms with E-state index in [0.29, 0.717) is 28.4 Å². The Morgan fingerprint density at radius 1 is 1.38 bits per heavy atom. The maximum Gasteiger partial charge on any atom is 0.341 e. The lowest BCUT2D eigenvalue weighted by atomic mass is 10.2. The molecule has 1 heterocycles. The summed E-state index contributed by atoms with van der Waals surface area (Å²) in [5.41, 5.74) is 2.31. The number of hydrogen-bond donors (Lipinski definition) is 3. The number of nitrogens with zero attached hydrogens (tertiary/aromatic N) is 1. The Morgan fingerprint density at radius 2 is 2.14 bits per heavy atom. The number of rotatable bonds is 5. The summed E-state index contributed by atoms with van der Waals surface area (Å²) in [5.74, 6) is -0.973. The van der Waals surface area contributed by atoms with Crippen LogP contribution in [0.3, 0.4) is 0 Å². The van der Waals surface area contributed by atoms with Crippen molar-refractivity contribution in [3.63, 3.8) is 0 Å². The molecule has 0 aliphatic heterocycles. The molecule has 0 fully saturated rings. The van der Waals surface area contributed by atoms with Gasteiger partial charge in [0.25, 0.3) is 5.91 Å². The van der Waals surface area contributed by atoms with E-state index >= 15 is 0 Å². The highest BCUT2D eigenvalue weighted by molar-refractivity contribution is 6.05. The number of aliphatic carboxylic acids is 1. The molecule has 2 rings (SSSR count). The third kappa shape index (κ3) is 3.59. The lowest BCUT2D eigenvalue weighted by Crippen LogP contribution is -2.14. The Kier molecular flexibility index (Phi) is 4.22. The second kappa shape index (κ2) is 6.08. The number of ether oxygens (including phenoxy) is 1. The van der Waals surface area contributed by atoms with Gasteiger partial charge >= 0.3 is 5.97 Å². The second-order valence-electron chi connectivity index (χ2n) is 4.47. The second-order valence-corrected chi connectivity index (χ2v) is 4.47. The Labute approximate surface area is 120 Å². The molecule has 0 bridgehead atoms. The van der Waals surface area contributed by atoms with E-state index in [1.54, 1.807) is 38.1 Å². The van der Waals surface area contributed by atoms with E-state index in [0.717, 1.165) is 0 Å². The van der Waals surface area contributed by atoms with E-state index in [1.807, 2.05) is 0 Å². The number of aromatic nitrogens is 2. The van der Waals surface area contributed by atoms with Crippen LogP contribution in [-0.4, -0.2) is 33.8 Å². The van der Waals surface area contributed by atoms with Crippen molar-refractivity contribution in [2.45, 2.75) is 13.8 Å². The number of aromatic amines is 1. The molecule has 110 valence electrons. The molecular formula is C14H15N3O4. The van der Waals surface area contributed by atoms with Gasteiger partial charge in [-0.05, 0) is 26.0 Å². The van der Waals surface area contributed by atoms with E-state index in [2.05, 4.69) is 15.5 Å². The molecule has 0 radical (unpaired) electrons. The zero-order valence-electron chi connectivity index (χ0n) is 11.6. The number of benzene rings is 1. The smallest absolute Gasteiger partial charge is 0.341 e. The fraction of sp³-hybridized carbons (Fsp3) is 0.214. The van der Waals surface area contributed by atoms with Crippen molar-refractivity contribution >= 4 is 17.6 Å². The Bertz CT molecular complexity index is 659. The molecule has 1 aromatic carbocycles. The summed E-state index contributed by atoms with van der Waals surface area (Å²) in [6.45, 7) is 3.07. The van der Waals surface area contributed by atoms with Crippen molar-refractivity contribution in [2.75, 3.05) is 11.9 Å². The Balaban J connectivity index is 2.11. The van der Waals surface area contributed by atoms with Crippen LogP contribution in [0.25, 0.3) is 0 Å². The van der Waals surface area contributed by atoms with Crippen molar-refractivity contribution < 1.29 is 19.4 Å². The molecule has 0 unspecified atom stereocenters. The van der Waals surface area contributed by atoms with Crippen molar-refractivity contribution in [3.05, 3.63) is 41.2 Å². The fourth-order valence-corrected chi connectivity index (χ4v) is 1.89. The van der Waals surface area contributed by atoms with Crippen LogP contribution < -0.4 is 10.1 Å². The van der Waals surface area contributed by atoms with Gasteiger partial charge in [-0.3, -0.25) is 9.89 Å². The quantitative estimate of drug-likeness (QED) is 0.777. The first-order valence-corrected chi connectivity index (χ1v) is 6.25. The topological polar surface area (TPSA) is 104 Å². The summed E-state index contributed by atoms with van der Waals surface area (Å²) in [6, 6.07) is 6.54. The van der Waals surface area contributed by atoms with E-state index in [9.17, 15) is 9.59 Å². The molecule has 0 saturated heterocycles. The number of nitrogens with one attached hydrogen (secondary N) is 2. The van der Waals surface area contributed by atoms with Gasteiger partial charge in [0.1, 0.15) is 5.75 Å². The number of carboxylic acids is 1. The maximum absolute atomic E-state index is 12.2. The van der Waals surface area contributed by atoms with Gasteiger partial charge in [0.05, 0.1) is 11.3 Å². The molecule has 0 saturated carbocycles. The maximum atomic E-state index is 12.2. The molecule has 21 heavy (non-hydrogen) atoms. The normalized spacial score (nSPS) is 10.2. The van der Waals surface area contributed by atoms with E-state index in [4.69, 9.17) is 9.84 Å². The van der Waals surface area contributed by atoms with Crippen LogP contribution in [0.2, 0.25) is 0 Å². The summed E-state index contributed by atoms with van der Waals surface area (Å²) in [5, 5.41) is 18.0. The molecular weight excluding hydrogens is 274 g/mol. The largest absolute Gasteiger partial charge is 0.482 e. The standard InChI is InChI=1S/C14H15N3O4/c1-8-13(9(2)17-16-8)14(20)15-10-4-3-5-11(6-10)21-7-12(18)19/h3-6H,7H2,1-2H3,(H,15,20)(H,16,17)(H,18,19). The number of anilines is 1. The monoisotopic (exact) mass is 289 g/mol. The fourth-order valence-electron chi connectivity index (χ4n) is 1.89. The summed E-state index contributed by atoms with van der Waals surface area (Å²) in [7, 11) is 0. The number of H-pyrrole nitrogens is 1. The highest BCUT2D eigenvalue weighted by Gasteiger charge is 2.15. The van der Waals surface area contributed by atoms with Crippen molar-refractivity contribution in [2.24, 2.45) is 0 Å². The third-order valence-electron chi connectivity index (χ3n) is 2.81. The Hall–Kier alpha value is -2.83. The zero-order chi connectivity index (χ0) is 15.4.